The molecule has 1 fully saturated rings. The number of nitrogens with zero attached hydrogens (tertiary/aromatic N) is 4. The van der Waals surface area contributed by atoms with E-state index in [4.69, 9.17) is 4.74 Å². The molecular formula is C20H20N4O2S. The highest BCUT2D eigenvalue weighted by atomic mass is 32.2. The van der Waals surface area contributed by atoms with Crippen molar-refractivity contribution >= 4 is 17.5 Å². The van der Waals surface area contributed by atoms with Crippen molar-refractivity contribution in [2.75, 3.05) is 12.9 Å². The average molecular weight is 380 g/mol. The van der Waals surface area contributed by atoms with Gasteiger partial charge >= 0.3 is 0 Å². The van der Waals surface area contributed by atoms with Crippen molar-refractivity contribution in [1.82, 2.24) is 19.7 Å². The molecule has 3 aromatic rings. The molecule has 2 heterocycles. The number of pyridine rings is 1. The van der Waals surface area contributed by atoms with Gasteiger partial charge in [0.15, 0.2) is 11.0 Å². The summed E-state index contributed by atoms with van der Waals surface area (Å²) in [7, 11) is 1.64. The summed E-state index contributed by atoms with van der Waals surface area (Å²) in [6.07, 6.45) is 4.76. The first kappa shape index (κ1) is 17.7. The van der Waals surface area contributed by atoms with Gasteiger partial charge in [-0.05, 0) is 43.0 Å². The lowest BCUT2D eigenvalue weighted by Gasteiger charge is -2.11. The molecule has 1 aliphatic carbocycles. The second kappa shape index (κ2) is 7.92. The van der Waals surface area contributed by atoms with E-state index in [1.54, 1.807) is 13.3 Å². The van der Waals surface area contributed by atoms with E-state index in [1.807, 2.05) is 47.0 Å². The number of carbonyl (C=O) groups is 1. The van der Waals surface area contributed by atoms with E-state index < -0.39 is 0 Å². The molecule has 6 nitrogen and oxygen atoms in total. The standard InChI is InChI=1S/C20H20N4O2S/c1-26-17-6-4-5-15(12-17)24-19(18-7-2-3-10-21-18)22-23-20(24)27-13-16(25)11-14-8-9-14/h2-7,10,12,14H,8-9,11,13H2,1H3. The Morgan fingerprint density at radius 3 is 2.85 bits per heavy atom. The summed E-state index contributed by atoms with van der Waals surface area (Å²) in [5, 5.41) is 9.36. The number of thioether (sulfide) groups is 1. The molecule has 4 rings (SSSR count). The molecule has 0 bridgehead atoms. The van der Waals surface area contributed by atoms with Crippen LogP contribution in [0.3, 0.4) is 0 Å². The highest BCUT2D eigenvalue weighted by Crippen LogP contribution is 2.34. The van der Waals surface area contributed by atoms with Crippen molar-refractivity contribution in [1.29, 1.82) is 0 Å². The van der Waals surface area contributed by atoms with Gasteiger partial charge in [-0.2, -0.15) is 0 Å². The Morgan fingerprint density at radius 1 is 1.22 bits per heavy atom. The minimum atomic E-state index is 0.266. The van der Waals surface area contributed by atoms with Crippen LogP contribution in [-0.2, 0) is 4.79 Å². The fourth-order valence-electron chi connectivity index (χ4n) is 2.85. The number of methoxy groups -OCH3 is 1. The smallest absolute Gasteiger partial charge is 0.196 e. The minimum Gasteiger partial charge on any atom is -0.497 e. The number of hydrogen-bond donors (Lipinski definition) is 0. The maximum atomic E-state index is 12.2. The fraction of sp³-hybridized carbons (Fsp3) is 0.300. The van der Waals surface area contributed by atoms with Crippen molar-refractivity contribution in [3.05, 3.63) is 48.7 Å². The topological polar surface area (TPSA) is 69.9 Å². The van der Waals surface area contributed by atoms with Crippen LogP contribution >= 0.6 is 11.8 Å². The largest absolute Gasteiger partial charge is 0.497 e. The van der Waals surface area contributed by atoms with Crippen LogP contribution in [-0.4, -0.2) is 38.4 Å². The third kappa shape index (κ3) is 4.19. The number of benzene rings is 1. The fourth-order valence-corrected chi connectivity index (χ4v) is 3.68. The molecule has 1 saturated carbocycles. The number of rotatable bonds is 8. The molecule has 2 aromatic heterocycles. The molecule has 0 aliphatic heterocycles. The first-order valence-corrected chi connectivity index (χ1v) is 9.89. The van der Waals surface area contributed by atoms with Crippen LogP contribution in [0.5, 0.6) is 5.75 Å². The van der Waals surface area contributed by atoms with Gasteiger partial charge in [-0.1, -0.05) is 23.9 Å². The lowest BCUT2D eigenvalue weighted by molar-refractivity contribution is -0.116. The zero-order valence-corrected chi connectivity index (χ0v) is 15.9. The van der Waals surface area contributed by atoms with Gasteiger partial charge in [0.1, 0.15) is 17.2 Å². The van der Waals surface area contributed by atoms with Crippen molar-refractivity contribution < 1.29 is 9.53 Å². The van der Waals surface area contributed by atoms with Crippen molar-refractivity contribution in [2.45, 2.75) is 24.4 Å². The van der Waals surface area contributed by atoms with Crippen molar-refractivity contribution in [2.24, 2.45) is 5.92 Å². The molecule has 0 amide bonds. The number of hydrogen-bond acceptors (Lipinski definition) is 6. The van der Waals surface area contributed by atoms with Gasteiger partial charge in [0.25, 0.3) is 0 Å². The average Bonchev–Trinajstić information content (AvgIpc) is 3.42. The molecule has 0 atom stereocenters. The monoisotopic (exact) mass is 380 g/mol. The summed E-state index contributed by atoms with van der Waals surface area (Å²) in [5.74, 6) is 2.65. The van der Waals surface area contributed by atoms with E-state index in [9.17, 15) is 4.79 Å². The van der Waals surface area contributed by atoms with Crippen LogP contribution in [0.2, 0.25) is 0 Å². The second-order valence-corrected chi connectivity index (χ2v) is 7.48. The summed E-state index contributed by atoms with van der Waals surface area (Å²) in [4.78, 5) is 16.6. The zero-order valence-electron chi connectivity index (χ0n) is 15.0. The second-order valence-electron chi connectivity index (χ2n) is 6.53. The van der Waals surface area contributed by atoms with Gasteiger partial charge in [0, 0.05) is 18.7 Å². The number of Topliss-reactive ketones (excluding diaryl/α,β-unsaturated/α-hetero) is 1. The van der Waals surface area contributed by atoms with Crippen LogP contribution < -0.4 is 4.74 Å². The Balaban J connectivity index is 1.67. The molecule has 7 heteroatoms. The van der Waals surface area contributed by atoms with Gasteiger partial charge < -0.3 is 4.74 Å². The van der Waals surface area contributed by atoms with E-state index in [-0.39, 0.29) is 5.78 Å². The lowest BCUT2D eigenvalue weighted by Crippen LogP contribution is -2.05. The van der Waals surface area contributed by atoms with Crippen LogP contribution in [0.4, 0.5) is 0 Å². The van der Waals surface area contributed by atoms with E-state index in [2.05, 4.69) is 15.2 Å². The third-order valence-corrected chi connectivity index (χ3v) is 5.40. The highest BCUT2D eigenvalue weighted by Gasteiger charge is 2.25. The van der Waals surface area contributed by atoms with Crippen molar-refractivity contribution in [3.63, 3.8) is 0 Å². The Kier molecular flexibility index (Phi) is 5.20. The van der Waals surface area contributed by atoms with Crippen LogP contribution in [0.25, 0.3) is 17.2 Å². The first-order chi connectivity index (χ1) is 13.2. The minimum absolute atomic E-state index is 0.266. The van der Waals surface area contributed by atoms with Gasteiger partial charge in [-0.25, -0.2) is 0 Å². The highest BCUT2D eigenvalue weighted by molar-refractivity contribution is 7.99. The first-order valence-electron chi connectivity index (χ1n) is 8.90. The normalized spacial score (nSPS) is 13.5. The van der Waals surface area contributed by atoms with Gasteiger partial charge in [-0.3, -0.25) is 14.3 Å². The molecule has 0 N–H and O–H groups in total. The SMILES string of the molecule is COc1cccc(-n2c(SCC(=O)CC3CC3)nnc2-c2ccccn2)c1. The Labute approximate surface area is 162 Å². The van der Waals surface area contributed by atoms with Crippen molar-refractivity contribution in [3.8, 4) is 23.0 Å². The van der Waals surface area contributed by atoms with E-state index in [1.165, 1.54) is 24.6 Å². The molecule has 27 heavy (non-hydrogen) atoms. The molecule has 0 saturated heterocycles. The maximum Gasteiger partial charge on any atom is 0.196 e. The third-order valence-electron chi connectivity index (χ3n) is 4.41. The number of ether oxygens (including phenoxy) is 1. The van der Waals surface area contributed by atoms with E-state index in [0.29, 0.717) is 29.1 Å². The van der Waals surface area contributed by atoms with Gasteiger partial charge in [0.2, 0.25) is 0 Å². The van der Waals surface area contributed by atoms with E-state index in [0.717, 1.165) is 17.1 Å². The molecule has 1 aromatic carbocycles. The van der Waals surface area contributed by atoms with Crippen LogP contribution in [0, 0.1) is 5.92 Å². The quantitative estimate of drug-likeness (QED) is 0.554. The maximum absolute atomic E-state index is 12.2. The summed E-state index contributed by atoms with van der Waals surface area (Å²) in [5.41, 5.74) is 1.60. The summed E-state index contributed by atoms with van der Waals surface area (Å²) in [6.45, 7) is 0. The summed E-state index contributed by atoms with van der Waals surface area (Å²) >= 11 is 1.42. The molecule has 0 unspecified atom stereocenters. The molecule has 0 spiro atoms. The number of carbonyl (C=O) groups excluding carboxylic acids is 1. The Bertz CT molecular complexity index is 938. The summed E-state index contributed by atoms with van der Waals surface area (Å²) < 4.78 is 7.29. The zero-order chi connectivity index (χ0) is 18.6. The predicted molar refractivity (Wildman–Crippen MR) is 104 cm³/mol. The number of ketones is 1. The van der Waals surface area contributed by atoms with Gasteiger partial charge in [-0.15, -0.1) is 10.2 Å². The molecular weight excluding hydrogens is 360 g/mol. The molecule has 138 valence electrons. The van der Waals surface area contributed by atoms with Gasteiger partial charge in [0.05, 0.1) is 18.6 Å². The van der Waals surface area contributed by atoms with E-state index >= 15 is 0 Å². The molecule has 1 aliphatic rings. The van der Waals surface area contributed by atoms with Crippen LogP contribution in [0.1, 0.15) is 19.3 Å². The lowest BCUT2D eigenvalue weighted by atomic mass is 10.2. The summed E-state index contributed by atoms with van der Waals surface area (Å²) in [6, 6.07) is 13.4. The predicted octanol–water partition coefficient (Wildman–Crippen LogP) is 3.80. The Hall–Kier alpha value is -2.67. The molecule has 0 radical (unpaired) electrons. The van der Waals surface area contributed by atoms with Crippen LogP contribution in [0.15, 0.2) is 53.8 Å². The Morgan fingerprint density at radius 2 is 2.11 bits per heavy atom. The number of aromatic nitrogens is 4.